The largest absolute Gasteiger partial charge is 0.450 e. The third-order valence-corrected chi connectivity index (χ3v) is 4.49. The summed E-state index contributed by atoms with van der Waals surface area (Å²) in [6.07, 6.45) is -0.226. The molecule has 7 nitrogen and oxygen atoms in total. The molecule has 1 aliphatic heterocycles. The molecular formula is C13H23N5O2S2. The minimum atomic E-state index is -0.226. The van der Waals surface area contributed by atoms with E-state index < -0.39 is 0 Å². The van der Waals surface area contributed by atoms with Crippen LogP contribution in [0.1, 0.15) is 20.8 Å². The molecule has 124 valence electrons. The second-order valence-corrected chi connectivity index (χ2v) is 7.04. The van der Waals surface area contributed by atoms with Gasteiger partial charge in [-0.15, -0.1) is 5.10 Å². The van der Waals surface area contributed by atoms with E-state index in [9.17, 15) is 4.79 Å². The summed E-state index contributed by atoms with van der Waals surface area (Å²) in [7, 11) is 0. The molecule has 1 amide bonds. The van der Waals surface area contributed by atoms with Gasteiger partial charge in [0.25, 0.3) is 0 Å². The third kappa shape index (κ3) is 4.65. The summed E-state index contributed by atoms with van der Waals surface area (Å²) in [6.45, 7) is 9.98. The fourth-order valence-corrected chi connectivity index (χ4v) is 3.32. The van der Waals surface area contributed by atoms with Crippen LogP contribution in [0, 0.1) is 3.95 Å². The molecule has 9 heteroatoms. The summed E-state index contributed by atoms with van der Waals surface area (Å²) in [4.78, 5) is 15.7. The Balaban J connectivity index is 1.87. The lowest BCUT2D eigenvalue weighted by molar-refractivity contribution is 0.0693. The Morgan fingerprint density at radius 1 is 1.41 bits per heavy atom. The maximum absolute atomic E-state index is 11.7. The van der Waals surface area contributed by atoms with Crippen LogP contribution in [0.4, 0.5) is 9.93 Å². The highest BCUT2D eigenvalue weighted by atomic mass is 32.1. The highest BCUT2D eigenvalue weighted by Crippen LogP contribution is 2.16. The number of nitrogens with zero attached hydrogens (tertiary/aromatic N) is 4. The molecule has 1 aromatic rings. The third-order valence-electron chi connectivity index (χ3n) is 3.25. The second kappa shape index (κ2) is 7.89. The molecule has 0 spiro atoms. The first kappa shape index (κ1) is 17.2. The van der Waals surface area contributed by atoms with Gasteiger partial charge in [0.1, 0.15) is 0 Å². The van der Waals surface area contributed by atoms with Crippen molar-refractivity contribution in [3.63, 3.8) is 0 Å². The van der Waals surface area contributed by atoms with Gasteiger partial charge in [0.05, 0.1) is 13.3 Å². The van der Waals surface area contributed by atoms with E-state index in [4.69, 9.17) is 17.0 Å². The monoisotopic (exact) mass is 345 g/mol. The molecule has 0 aliphatic carbocycles. The van der Waals surface area contributed by atoms with Gasteiger partial charge < -0.3 is 15.0 Å². The smallest absolute Gasteiger partial charge is 0.409 e. The Kier molecular flexibility index (Phi) is 6.16. The van der Waals surface area contributed by atoms with Gasteiger partial charge in [-0.05, 0) is 33.0 Å². The van der Waals surface area contributed by atoms with Crippen LogP contribution in [0.2, 0.25) is 0 Å². The maximum atomic E-state index is 11.7. The van der Waals surface area contributed by atoms with Crippen molar-refractivity contribution in [3.05, 3.63) is 3.95 Å². The molecule has 0 saturated carbocycles. The molecule has 1 aromatic heterocycles. The van der Waals surface area contributed by atoms with Gasteiger partial charge in [-0.1, -0.05) is 11.3 Å². The van der Waals surface area contributed by atoms with Crippen molar-refractivity contribution in [2.75, 3.05) is 38.1 Å². The highest BCUT2D eigenvalue weighted by molar-refractivity contribution is 7.73. The van der Waals surface area contributed by atoms with Crippen molar-refractivity contribution in [1.82, 2.24) is 19.6 Å². The molecule has 2 heterocycles. The zero-order valence-electron chi connectivity index (χ0n) is 13.2. The van der Waals surface area contributed by atoms with Crippen molar-refractivity contribution in [2.24, 2.45) is 0 Å². The summed E-state index contributed by atoms with van der Waals surface area (Å²) in [5, 5.41) is 8.62. The SMILES string of the molecule is CCOC(=O)N1CCN(Cn2nc(NC(C)C)sc2=S)CC1. The molecule has 0 radical (unpaired) electrons. The average molecular weight is 345 g/mol. The number of ether oxygens (including phenoxy) is 1. The van der Waals surface area contributed by atoms with Gasteiger partial charge >= 0.3 is 6.09 Å². The van der Waals surface area contributed by atoms with E-state index in [2.05, 4.69) is 29.2 Å². The average Bonchev–Trinajstić information content (AvgIpc) is 2.79. The number of carbonyl (C=O) groups excluding carboxylic acids is 1. The zero-order valence-corrected chi connectivity index (χ0v) is 14.9. The fraction of sp³-hybridized carbons (Fsp3) is 0.769. The number of rotatable bonds is 5. The summed E-state index contributed by atoms with van der Waals surface area (Å²) in [5.74, 6) is 0. The Labute approximate surface area is 139 Å². The molecule has 0 unspecified atom stereocenters. The molecule has 1 aliphatic rings. The molecule has 1 fully saturated rings. The van der Waals surface area contributed by atoms with Gasteiger partial charge in [0.2, 0.25) is 5.13 Å². The van der Waals surface area contributed by atoms with E-state index in [0.29, 0.717) is 32.4 Å². The van der Waals surface area contributed by atoms with Gasteiger partial charge in [-0.3, -0.25) is 4.90 Å². The summed E-state index contributed by atoms with van der Waals surface area (Å²) in [5.41, 5.74) is 0. The van der Waals surface area contributed by atoms with Crippen LogP contribution >= 0.6 is 23.6 Å². The predicted octanol–water partition coefficient (Wildman–Crippen LogP) is 2.23. The van der Waals surface area contributed by atoms with Crippen LogP contribution in [-0.2, 0) is 11.4 Å². The molecule has 0 aromatic carbocycles. The number of amides is 1. The number of aromatic nitrogens is 2. The number of nitrogens with one attached hydrogen (secondary N) is 1. The molecule has 0 bridgehead atoms. The summed E-state index contributed by atoms with van der Waals surface area (Å²) in [6, 6.07) is 0.335. The van der Waals surface area contributed by atoms with Gasteiger partial charge in [-0.25, -0.2) is 9.48 Å². The number of hydrogen-bond acceptors (Lipinski definition) is 7. The normalized spacial score (nSPS) is 16.1. The first-order valence-electron chi connectivity index (χ1n) is 7.48. The summed E-state index contributed by atoms with van der Waals surface area (Å²) < 4.78 is 7.62. The zero-order chi connectivity index (χ0) is 16.1. The second-order valence-electron chi connectivity index (χ2n) is 5.42. The van der Waals surface area contributed by atoms with Gasteiger partial charge in [-0.2, -0.15) is 0 Å². The number of anilines is 1. The van der Waals surface area contributed by atoms with Crippen LogP contribution in [0.3, 0.4) is 0 Å². The molecule has 0 atom stereocenters. The first-order valence-corrected chi connectivity index (χ1v) is 8.70. The van der Waals surface area contributed by atoms with E-state index >= 15 is 0 Å². The topological polar surface area (TPSA) is 62.6 Å². The van der Waals surface area contributed by atoms with Crippen molar-refractivity contribution in [3.8, 4) is 0 Å². The minimum Gasteiger partial charge on any atom is -0.450 e. The molecule has 22 heavy (non-hydrogen) atoms. The number of hydrogen-bond donors (Lipinski definition) is 1. The Bertz CT molecular complexity index is 549. The standard InChI is InChI=1S/C13H23N5O2S2/c1-4-20-12(19)17-7-5-16(6-8-17)9-18-13(21)22-11(15-18)14-10(2)3/h10H,4-9H2,1-3H3,(H,14,15). The van der Waals surface area contributed by atoms with Crippen LogP contribution < -0.4 is 5.32 Å². The molecule has 2 rings (SSSR count). The molecular weight excluding hydrogens is 322 g/mol. The van der Waals surface area contributed by atoms with E-state index in [0.717, 1.165) is 22.2 Å². The Hall–Kier alpha value is -1.19. The Morgan fingerprint density at radius 3 is 2.68 bits per heavy atom. The van der Waals surface area contributed by atoms with E-state index in [1.807, 2.05) is 11.6 Å². The van der Waals surface area contributed by atoms with Crippen LogP contribution in [-0.4, -0.2) is 64.5 Å². The van der Waals surface area contributed by atoms with Gasteiger partial charge in [0.15, 0.2) is 3.95 Å². The quantitative estimate of drug-likeness (QED) is 0.826. The van der Waals surface area contributed by atoms with Gasteiger partial charge in [0, 0.05) is 32.2 Å². The minimum absolute atomic E-state index is 0.226. The molecule has 1 N–H and O–H groups in total. The summed E-state index contributed by atoms with van der Waals surface area (Å²) >= 11 is 6.85. The Morgan fingerprint density at radius 2 is 2.09 bits per heavy atom. The fourth-order valence-electron chi connectivity index (χ4n) is 2.18. The highest BCUT2D eigenvalue weighted by Gasteiger charge is 2.22. The lowest BCUT2D eigenvalue weighted by Gasteiger charge is -2.33. The number of piperazine rings is 1. The van der Waals surface area contributed by atoms with E-state index in [-0.39, 0.29) is 6.09 Å². The predicted molar refractivity (Wildman–Crippen MR) is 89.9 cm³/mol. The van der Waals surface area contributed by atoms with Crippen molar-refractivity contribution in [2.45, 2.75) is 33.5 Å². The first-order chi connectivity index (χ1) is 10.5. The van der Waals surface area contributed by atoms with Crippen LogP contribution in [0.25, 0.3) is 0 Å². The van der Waals surface area contributed by atoms with E-state index in [1.54, 1.807) is 4.90 Å². The van der Waals surface area contributed by atoms with Crippen molar-refractivity contribution >= 4 is 34.8 Å². The lowest BCUT2D eigenvalue weighted by Crippen LogP contribution is -2.49. The van der Waals surface area contributed by atoms with Crippen molar-refractivity contribution in [1.29, 1.82) is 0 Å². The van der Waals surface area contributed by atoms with Crippen molar-refractivity contribution < 1.29 is 9.53 Å². The lowest BCUT2D eigenvalue weighted by atomic mass is 10.3. The van der Waals surface area contributed by atoms with Crippen LogP contribution in [0.5, 0.6) is 0 Å². The van der Waals surface area contributed by atoms with Crippen LogP contribution in [0.15, 0.2) is 0 Å². The van der Waals surface area contributed by atoms with E-state index in [1.165, 1.54) is 11.3 Å². The molecule has 1 saturated heterocycles. The number of carbonyl (C=O) groups is 1. The maximum Gasteiger partial charge on any atom is 0.409 e.